The second kappa shape index (κ2) is 12.0. The van der Waals surface area contributed by atoms with Crippen LogP contribution in [0.25, 0.3) is 0 Å². The molecule has 0 heterocycles. The molecular weight excluding hydrogens is 423 g/mol. The maximum Gasteiger partial charge on any atom is 0.395 e. The number of hydrogen-bond acceptors (Lipinski definition) is 8. The van der Waals surface area contributed by atoms with E-state index >= 15 is 0 Å². The van der Waals surface area contributed by atoms with Crippen molar-refractivity contribution in [2.45, 2.75) is 39.7 Å². The third-order valence-electron chi connectivity index (χ3n) is 4.53. The van der Waals surface area contributed by atoms with Gasteiger partial charge in [0.25, 0.3) is 5.69 Å². The number of nitro groups is 1. The first-order valence-electron chi connectivity index (χ1n) is 9.88. The third kappa shape index (κ3) is 7.62. The molecule has 2 rings (SSSR count). The standard InChI is InChI=1S/C21H25N2O7P/c1-4-16(5-2)14-28-21(24)15(3)22-31(27)30-20-9-7-6-8-19(20)29-18-12-10-17(11-13-18)23(25)26/h6-13,15-16H,4-5,14H2,1-3H3. The van der Waals surface area contributed by atoms with Gasteiger partial charge in [0.15, 0.2) is 11.8 Å². The summed E-state index contributed by atoms with van der Waals surface area (Å²) in [5.74, 6) is 0.466. The van der Waals surface area contributed by atoms with Crippen molar-refractivity contribution in [1.29, 1.82) is 0 Å². The summed E-state index contributed by atoms with van der Waals surface area (Å²) in [6, 6.07) is 11.0. The molecule has 9 nitrogen and oxygen atoms in total. The van der Waals surface area contributed by atoms with Crippen molar-refractivity contribution in [1.82, 2.24) is 0 Å². The number of carbonyl (C=O) groups excluding carboxylic acids is 1. The molecule has 0 bridgehead atoms. The lowest BCUT2D eigenvalue weighted by molar-refractivity contribution is -0.384. The Balaban J connectivity index is 2.03. The number of carbonyl (C=O) groups is 1. The number of hydrogen-bond donors (Lipinski definition) is 0. The molecule has 0 amide bonds. The number of benzene rings is 2. The highest BCUT2D eigenvalue weighted by atomic mass is 31.1. The van der Waals surface area contributed by atoms with E-state index in [9.17, 15) is 19.8 Å². The van der Waals surface area contributed by atoms with Gasteiger partial charge in [-0.25, -0.2) is 4.79 Å². The molecule has 0 saturated heterocycles. The van der Waals surface area contributed by atoms with Crippen LogP contribution in [0.1, 0.15) is 33.6 Å². The Bertz CT molecular complexity index is 914. The first kappa shape index (κ1) is 24.2. The van der Waals surface area contributed by atoms with E-state index in [2.05, 4.69) is 4.74 Å². The highest BCUT2D eigenvalue weighted by Crippen LogP contribution is 2.36. The predicted molar refractivity (Wildman–Crippen MR) is 114 cm³/mol. The van der Waals surface area contributed by atoms with Crippen molar-refractivity contribution < 1.29 is 28.6 Å². The minimum absolute atomic E-state index is 0.0659. The summed E-state index contributed by atoms with van der Waals surface area (Å²) in [7, 11) is -2.56. The van der Waals surface area contributed by atoms with Crippen molar-refractivity contribution >= 4 is 19.8 Å². The molecule has 0 aliphatic rings. The van der Waals surface area contributed by atoms with Crippen LogP contribution < -0.4 is 14.2 Å². The molecule has 2 unspecified atom stereocenters. The maximum atomic E-state index is 12.3. The quantitative estimate of drug-likeness (QED) is 0.205. The van der Waals surface area contributed by atoms with Crippen molar-refractivity contribution in [3.63, 3.8) is 0 Å². The summed E-state index contributed by atoms with van der Waals surface area (Å²) < 4.78 is 20.1. The molecule has 0 aliphatic heterocycles. The number of para-hydroxylation sites is 2. The fraction of sp³-hybridized carbons (Fsp3) is 0.381. The van der Waals surface area contributed by atoms with Gasteiger partial charge in [0.05, 0.1) is 11.5 Å². The maximum absolute atomic E-state index is 12.3. The fourth-order valence-corrected chi connectivity index (χ4v) is 3.26. The van der Waals surface area contributed by atoms with Gasteiger partial charge in [-0.3, -0.25) is 14.6 Å². The minimum Gasteiger partial charge on any atom is -0.575 e. The van der Waals surface area contributed by atoms with Crippen LogP contribution in [-0.4, -0.2) is 23.5 Å². The van der Waals surface area contributed by atoms with Gasteiger partial charge in [-0.05, 0) is 37.1 Å². The highest BCUT2D eigenvalue weighted by Gasteiger charge is 2.21. The fourth-order valence-electron chi connectivity index (χ4n) is 2.51. The second-order valence-corrected chi connectivity index (χ2v) is 7.62. The summed E-state index contributed by atoms with van der Waals surface area (Å²) >= 11 is 0. The lowest BCUT2D eigenvalue weighted by Crippen LogP contribution is -2.21. The topological polar surface area (TPSA) is 123 Å². The van der Waals surface area contributed by atoms with E-state index in [0.29, 0.717) is 12.4 Å². The molecule has 0 N–H and O–H groups in total. The summed E-state index contributed by atoms with van der Waals surface area (Å²) in [5.41, 5.74) is -0.0659. The Morgan fingerprint density at radius 2 is 1.71 bits per heavy atom. The Kier molecular flexibility index (Phi) is 9.37. The monoisotopic (exact) mass is 448 g/mol. The Morgan fingerprint density at radius 1 is 1.10 bits per heavy atom. The van der Waals surface area contributed by atoms with Crippen molar-refractivity contribution in [3.05, 3.63) is 58.6 Å². The van der Waals surface area contributed by atoms with Gasteiger partial charge in [-0.1, -0.05) is 43.6 Å². The molecule has 0 aliphatic carbocycles. The van der Waals surface area contributed by atoms with Crippen LogP contribution in [0, 0.1) is 16.0 Å². The molecule has 2 atom stereocenters. The van der Waals surface area contributed by atoms with Crippen LogP contribution in [0.5, 0.6) is 17.2 Å². The first-order valence-corrected chi connectivity index (χ1v) is 11.0. The average molecular weight is 448 g/mol. The van der Waals surface area contributed by atoms with Gasteiger partial charge in [-0.2, -0.15) is 0 Å². The molecule has 2 aromatic carbocycles. The van der Waals surface area contributed by atoms with E-state index in [0.717, 1.165) is 12.8 Å². The Labute approximate surface area is 181 Å². The second-order valence-electron chi connectivity index (χ2n) is 6.73. The van der Waals surface area contributed by atoms with Crippen molar-refractivity contribution in [3.8, 4) is 17.2 Å². The van der Waals surface area contributed by atoms with Crippen LogP contribution in [-0.2, 0) is 9.53 Å². The number of non-ortho nitro benzene ring substituents is 1. The zero-order chi connectivity index (χ0) is 22.8. The van der Waals surface area contributed by atoms with E-state index in [1.807, 2.05) is 13.8 Å². The van der Waals surface area contributed by atoms with Crippen molar-refractivity contribution in [2.75, 3.05) is 6.61 Å². The Hall–Kier alpha value is -3.03. The molecule has 0 aromatic heterocycles. The molecule has 0 fully saturated rings. The molecule has 0 radical (unpaired) electrons. The average Bonchev–Trinajstić information content (AvgIpc) is 2.76. The van der Waals surface area contributed by atoms with E-state index in [-0.39, 0.29) is 23.1 Å². The normalized spacial score (nSPS) is 12.4. The van der Waals surface area contributed by atoms with Gasteiger partial charge < -0.3 is 14.4 Å². The lowest BCUT2D eigenvalue weighted by Gasteiger charge is -2.13. The van der Waals surface area contributed by atoms with Gasteiger partial charge in [0.2, 0.25) is 5.75 Å². The first-order chi connectivity index (χ1) is 14.8. The molecule has 2 aromatic rings. The molecule has 166 valence electrons. The molecule has 10 heteroatoms. The number of nitrogens with zero attached hydrogens (tertiary/aromatic N) is 2. The Morgan fingerprint density at radius 3 is 2.29 bits per heavy atom. The third-order valence-corrected chi connectivity index (χ3v) is 5.41. The number of esters is 1. The van der Waals surface area contributed by atoms with Gasteiger partial charge in [0, 0.05) is 12.1 Å². The minimum atomic E-state index is -2.56. The SMILES string of the molecule is CCC(CC)COC(=O)C(C)N=[P+]([O-])Oc1ccccc1Oc1ccc([N+](=O)[O-])cc1. The van der Waals surface area contributed by atoms with E-state index in [1.165, 1.54) is 31.2 Å². The molecule has 31 heavy (non-hydrogen) atoms. The van der Waals surface area contributed by atoms with Crippen LogP contribution >= 0.6 is 8.17 Å². The van der Waals surface area contributed by atoms with Crippen LogP contribution in [0.15, 0.2) is 53.3 Å². The lowest BCUT2D eigenvalue weighted by atomic mass is 10.1. The number of ether oxygens (including phenoxy) is 2. The van der Waals surface area contributed by atoms with Gasteiger partial charge in [-0.15, -0.1) is 0 Å². The van der Waals surface area contributed by atoms with E-state index in [4.69, 9.17) is 14.0 Å². The van der Waals surface area contributed by atoms with E-state index < -0.39 is 25.1 Å². The summed E-state index contributed by atoms with van der Waals surface area (Å²) in [4.78, 5) is 34.6. The predicted octanol–water partition coefficient (Wildman–Crippen LogP) is 4.99. The molecule has 0 spiro atoms. The number of rotatable bonds is 11. The summed E-state index contributed by atoms with van der Waals surface area (Å²) in [5, 5.41) is 10.8. The molecular formula is C21H25N2O7P. The van der Waals surface area contributed by atoms with Gasteiger partial charge >= 0.3 is 14.1 Å². The largest absolute Gasteiger partial charge is 0.575 e. The number of nitro benzene ring substituents is 1. The smallest absolute Gasteiger partial charge is 0.395 e. The summed E-state index contributed by atoms with van der Waals surface area (Å²) in [6.07, 6.45) is 1.80. The van der Waals surface area contributed by atoms with Gasteiger partial charge in [0.1, 0.15) is 5.75 Å². The molecule has 0 saturated carbocycles. The van der Waals surface area contributed by atoms with Crippen LogP contribution in [0.2, 0.25) is 0 Å². The van der Waals surface area contributed by atoms with Crippen molar-refractivity contribution in [2.24, 2.45) is 10.7 Å². The zero-order valence-electron chi connectivity index (χ0n) is 17.6. The zero-order valence-corrected chi connectivity index (χ0v) is 18.5. The van der Waals surface area contributed by atoms with E-state index in [1.54, 1.807) is 24.3 Å². The highest BCUT2D eigenvalue weighted by molar-refractivity contribution is 7.34. The summed E-state index contributed by atoms with van der Waals surface area (Å²) in [6.45, 7) is 5.84. The van der Waals surface area contributed by atoms with Crippen LogP contribution in [0.4, 0.5) is 5.69 Å². The van der Waals surface area contributed by atoms with Crippen LogP contribution in [0.3, 0.4) is 0 Å².